The van der Waals surface area contributed by atoms with Gasteiger partial charge < -0.3 is 15.6 Å². The summed E-state index contributed by atoms with van der Waals surface area (Å²) in [6.07, 6.45) is 0.451. The van der Waals surface area contributed by atoms with E-state index in [0.717, 1.165) is 23.8 Å². The van der Waals surface area contributed by atoms with E-state index in [-0.39, 0.29) is 5.84 Å². The number of hydrogen-bond acceptors (Lipinski definition) is 3. The fourth-order valence-electron chi connectivity index (χ4n) is 1.72. The lowest BCUT2D eigenvalue weighted by molar-refractivity contribution is -0.134. The molecule has 0 aliphatic heterocycles. The maximum atomic E-state index is 9.00. The molecule has 0 saturated carbocycles. The van der Waals surface area contributed by atoms with Gasteiger partial charge in [-0.3, -0.25) is 10.2 Å². The smallest absolute Gasteiger partial charge is 0.300 e. The average Bonchev–Trinajstić information content (AvgIpc) is 2.49. The highest BCUT2D eigenvalue weighted by Gasteiger charge is 2.01. The van der Waals surface area contributed by atoms with Gasteiger partial charge >= 0.3 is 0 Å². The quantitative estimate of drug-likeness (QED) is 0.545. The molecule has 5 nitrogen and oxygen atoms in total. The second kappa shape index (κ2) is 9.80. The van der Waals surface area contributed by atoms with Crippen molar-refractivity contribution in [3.05, 3.63) is 63.6 Å². The standard InChI is InChI=1S/C15H14Cl2N2O.C2H4O2/c16-13-6-3-11(7-14(13)17)9-20-12-4-1-10(2-5-12)8-15(18)19;1-2(3)4/h1-7H,8-9H2,(H3,18,19);1H3,(H,3,4). The largest absolute Gasteiger partial charge is 0.489 e. The van der Waals surface area contributed by atoms with Crippen molar-refractivity contribution >= 4 is 35.0 Å². The predicted molar refractivity (Wildman–Crippen MR) is 96.2 cm³/mol. The first-order valence-corrected chi connectivity index (χ1v) is 7.71. The molecule has 0 fully saturated rings. The molecule has 0 unspecified atom stereocenters. The van der Waals surface area contributed by atoms with Crippen LogP contribution in [0.15, 0.2) is 42.5 Å². The van der Waals surface area contributed by atoms with Gasteiger partial charge in [-0.2, -0.15) is 0 Å². The van der Waals surface area contributed by atoms with Crippen LogP contribution in [-0.2, 0) is 17.8 Å². The van der Waals surface area contributed by atoms with Crippen molar-refractivity contribution in [2.24, 2.45) is 5.73 Å². The zero-order valence-corrected chi connectivity index (χ0v) is 14.6. The second-order valence-electron chi connectivity index (χ2n) is 4.90. The Labute approximate surface area is 150 Å². The van der Waals surface area contributed by atoms with Gasteiger partial charge in [0.1, 0.15) is 12.4 Å². The number of amidine groups is 1. The van der Waals surface area contributed by atoms with Crippen LogP contribution in [0.4, 0.5) is 0 Å². The normalized spacial score (nSPS) is 9.62. The van der Waals surface area contributed by atoms with Gasteiger partial charge in [-0.05, 0) is 35.4 Å². The minimum Gasteiger partial charge on any atom is -0.489 e. The van der Waals surface area contributed by atoms with Crippen molar-refractivity contribution in [2.45, 2.75) is 20.0 Å². The second-order valence-corrected chi connectivity index (χ2v) is 5.72. The van der Waals surface area contributed by atoms with E-state index < -0.39 is 5.97 Å². The van der Waals surface area contributed by atoms with E-state index in [0.29, 0.717) is 23.1 Å². The summed E-state index contributed by atoms with van der Waals surface area (Å²) in [6.45, 7) is 1.50. The molecular weight excluding hydrogens is 351 g/mol. The number of carbonyl (C=O) groups is 1. The van der Waals surface area contributed by atoms with Crippen molar-refractivity contribution < 1.29 is 14.6 Å². The van der Waals surface area contributed by atoms with E-state index in [4.69, 9.17) is 49.0 Å². The first-order valence-electron chi connectivity index (χ1n) is 6.96. The summed E-state index contributed by atoms with van der Waals surface area (Å²) in [5, 5.41) is 15.7. The van der Waals surface area contributed by atoms with Crippen LogP contribution in [0.3, 0.4) is 0 Å². The third-order valence-electron chi connectivity index (χ3n) is 2.71. The highest BCUT2D eigenvalue weighted by atomic mass is 35.5. The first kappa shape index (κ1) is 19.8. The van der Waals surface area contributed by atoms with Crippen LogP contribution in [0.25, 0.3) is 0 Å². The topological polar surface area (TPSA) is 96.4 Å². The molecule has 0 radical (unpaired) electrons. The number of benzene rings is 2. The van der Waals surface area contributed by atoms with Gasteiger partial charge in [-0.15, -0.1) is 0 Å². The molecule has 0 bridgehead atoms. The van der Waals surface area contributed by atoms with Crippen LogP contribution in [0.5, 0.6) is 5.75 Å². The fraction of sp³-hybridized carbons (Fsp3) is 0.176. The number of nitrogens with two attached hydrogens (primary N) is 1. The lowest BCUT2D eigenvalue weighted by Gasteiger charge is -2.08. The zero-order valence-electron chi connectivity index (χ0n) is 13.1. The van der Waals surface area contributed by atoms with E-state index in [1.807, 2.05) is 30.3 Å². The van der Waals surface area contributed by atoms with E-state index in [9.17, 15) is 0 Å². The third-order valence-corrected chi connectivity index (χ3v) is 3.45. The minimum atomic E-state index is -0.833. The lowest BCUT2D eigenvalue weighted by Crippen LogP contribution is -2.12. The van der Waals surface area contributed by atoms with E-state index in [2.05, 4.69) is 0 Å². The Morgan fingerprint density at radius 1 is 1.12 bits per heavy atom. The number of nitrogens with one attached hydrogen (secondary N) is 1. The average molecular weight is 369 g/mol. The summed E-state index contributed by atoms with van der Waals surface area (Å²) in [5.41, 5.74) is 7.29. The van der Waals surface area contributed by atoms with Gasteiger partial charge in [0.15, 0.2) is 0 Å². The molecule has 0 aliphatic carbocycles. The zero-order chi connectivity index (χ0) is 18.1. The van der Waals surface area contributed by atoms with Gasteiger partial charge in [0.05, 0.1) is 15.9 Å². The lowest BCUT2D eigenvalue weighted by atomic mass is 10.1. The maximum Gasteiger partial charge on any atom is 0.300 e. The molecule has 0 atom stereocenters. The molecule has 7 heteroatoms. The summed E-state index contributed by atoms with van der Waals surface area (Å²) in [7, 11) is 0. The van der Waals surface area contributed by atoms with Gasteiger partial charge in [0, 0.05) is 13.3 Å². The Morgan fingerprint density at radius 2 is 1.67 bits per heavy atom. The molecule has 2 aromatic rings. The van der Waals surface area contributed by atoms with Crippen molar-refractivity contribution in [1.29, 1.82) is 5.41 Å². The van der Waals surface area contributed by atoms with Crippen molar-refractivity contribution in [3.8, 4) is 5.75 Å². The molecule has 0 aromatic heterocycles. The molecule has 0 saturated heterocycles. The third kappa shape index (κ3) is 7.85. The summed E-state index contributed by atoms with van der Waals surface area (Å²) < 4.78 is 5.66. The van der Waals surface area contributed by atoms with E-state index >= 15 is 0 Å². The molecule has 128 valence electrons. The minimum absolute atomic E-state index is 0.148. The number of carboxylic acids is 1. The van der Waals surface area contributed by atoms with Crippen molar-refractivity contribution in [3.63, 3.8) is 0 Å². The number of aliphatic carboxylic acids is 1. The number of ether oxygens (including phenoxy) is 1. The number of hydrogen-bond donors (Lipinski definition) is 3. The molecule has 0 spiro atoms. The van der Waals surface area contributed by atoms with Crippen LogP contribution in [0.1, 0.15) is 18.1 Å². The number of rotatable bonds is 5. The molecule has 0 amide bonds. The summed E-state index contributed by atoms with van der Waals surface area (Å²) >= 11 is 11.8. The highest BCUT2D eigenvalue weighted by molar-refractivity contribution is 6.42. The Hall–Kier alpha value is -2.24. The van der Waals surface area contributed by atoms with Crippen LogP contribution in [0, 0.1) is 5.41 Å². The first-order chi connectivity index (χ1) is 11.3. The van der Waals surface area contributed by atoms with E-state index in [1.165, 1.54) is 0 Å². The molecular formula is C17H18Cl2N2O3. The summed E-state index contributed by atoms with van der Waals surface area (Å²) in [5.74, 6) is 0.0675. The molecule has 2 rings (SSSR count). The number of halogens is 2. The number of carboxylic acid groups (broad SMARTS) is 1. The molecule has 0 aliphatic rings. The molecule has 0 heterocycles. The van der Waals surface area contributed by atoms with Crippen LogP contribution in [-0.4, -0.2) is 16.9 Å². The Balaban J connectivity index is 0.000000648. The van der Waals surface area contributed by atoms with Gasteiger partial charge in [0.2, 0.25) is 0 Å². The Bertz CT molecular complexity index is 699. The fourth-order valence-corrected chi connectivity index (χ4v) is 2.04. The summed E-state index contributed by atoms with van der Waals surface area (Å²) in [4.78, 5) is 9.00. The molecule has 2 aromatic carbocycles. The highest BCUT2D eigenvalue weighted by Crippen LogP contribution is 2.23. The molecule has 4 N–H and O–H groups in total. The SMILES string of the molecule is CC(=O)O.N=C(N)Cc1ccc(OCc2ccc(Cl)c(Cl)c2)cc1. The molecule has 24 heavy (non-hydrogen) atoms. The Morgan fingerprint density at radius 3 is 2.17 bits per heavy atom. The predicted octanol–water partition coefficient (Wildman–Crippen LogP) is 4.14. The van der Waals surface area contributed by atoms with Gasteiger partial charge in [-0.25, -0.2) is 0 Å². The summed E-state index contributed by atoms with van der Waals surface area (Å²) in [6, 6.07) is 12.9. The van der Waals surface area contributed by atoms with Crippen LogP contribution in [0.2, 0.25) is 10.0 Å². The van der Waals surface area contributed by atoms with Gasteiger partial charge in [-0.1, -0.05) is 41.4 Å². The van der Waals surface area contributed by atoms with Crippen molar-refractivity contribution in [2.75, 3.05) is 0 Å². The van der Waals surface area contributed by atoms with E-state index in [1.54, 1.807) is 12.1 Å². The monoisotopic (exact) mass is 368 g/mol. The van der Waals surface area contributed by atoms with Crippen LogP contribution >= 0.6 is 23.2 Å². The maximum absolute atomic E-state index is 9.00. The Kier molecular flexibility index (Phi) is 8.09. The van der Waals surface area contributed by atoms with Gasteiger partial charge in [0.25, 0.3) is 5.97 Å². The van der Waals surface area contributed by atoms with Crippen LogP contribution < -0.4 is 10.5 Å². The van der Waals surface area contributed by atoms with Crippen molar-refractivity contribution in [1.82, 2.24) is 0 Å².